The fourth-order valence-corrected chi connectivity index (χ4v) is 3.15. The van der Waals surface area contributed by atoms with E-state index in [2.05, 4.69) is 34.9 Å². The Morgan fingerprint density at radius 2 is 1.95 bits per heavy atom. The first-order chi connectivity index (χ1) is 10.9. The van der Waals surface area contributed by atoms with Crippen LogP contribution >= 0.6 is 0 Å². The minimum Gasteiger partial charge on any atom is -0.496 e. The van der Waals surface area contributed by atoms with Crippen molar-refractivity contribution in [3.63, 3.8) is 0 Å². The third-order valence-electron chi connectivity index (χ3n) is 4.16. The first-order valence-corrected chi connectivity index (χ1v) is 7.38. The van der Waals surface area contributed by atoms with Gasteiger partial charge in [0.25, 0.3) is 0 Å². The summed E-state index contributed by atoms with van der Waals surface area (Å²) in [6.07, 6.45) is 3.80. The second-order valence-electron chi connectivity index (χ2n) is 5.40. The maximum Gasteiger partial charge on any atom is 0.128 e. The average molecular weight is 291 g/mol. The van der Waals surface area contributed by atoms with Gasteiger partial charge >= 0.3 is 0 Å². The number of benzene rings is 2. The maximum absolute atomic E-state index is 5.57. The Kier molecular flexibility index (Phi) is 3.11. The lowest BCUT2D eigenvalue weighted by Gasteiger charge is -2.13. The number of ether oxygens (including phenoxy) is 2. The molecule has 1 aliphatic heterocycles. The second kappa shape index (κ2) is 5.26. The molecular formula is C19H17NO2. The highest BCUT2D eigenvalue weighted by Gasteiger charge is 2.20. The van der Waals surface area contributed by atoms with E-state index in [0.29, 0.717) is 6.61 Å². The lowest BCUT2D eigenvalue weighted by Crippen LogP contribution is -2.07. The lowest BCUT2D eigenvalue weighted by molar-refractivity contribution is 0.227. The number of fused-ring (bicyclic) bond motifs is 3. The molecule has 3 heteroatoms. The fraction of sp³-hybridized carbons (Fsp3) is 0.158. The Morgan fingerprint density at radius 3 is 2.77 bits per heavy atom. The summed E-state index contributed by atoms with van der Waals surface area (Å²) in [6.45, 7) is 1.42. The second-order valence-corrected chi connectivity index (χ2v) is 5.40. The van der Waals surface area contributed by atoms with E-state index in [-0.39, 0.29) is 0 Å². The highest BCUT2D eigenvalue weighted by atomic mass is 16.5. The Morgan fingerprint density at radius 1 is 1.09 bits per heavy atom. The van der Waals surface area contributed by atoms with Crippen LogP contribution in [0.25, 0.3) is 17.0 Å². The molecule has 0 atom stereocenters. The van der Waals surface area contributed by atoms with E-state index in [4.69, 9.17) is 9.47 Å². The van der Waals surface area contributed by atoms with E-state index >= 15 is 0 Å². The molecule has 0 saturated carbocycles. The van der Waals surface area contributed by atoms with Crippen molar-refractivity contribution in [3.05, 3.63) is 71.6 Å². The third-order valence-corrected chi connectivity index (χ3v) is 4.16. The Hall–Kier alpha value is -2.68. The first kappa shape index (κ1) is 13.0. The van der Waals surface area contributed by atoms with Crippen molar-refractivity contribution in [3.8, 4) is 5.75 Å². The molecular weight excluding hydrogens is 274 g/mol. The van der Waals surface area contributed by atoms with Gasteiger partial charge in [0.05, 0.1) is 24.6 Å². The predicted molar refractivity (Wildman–Crippen MR) is 87.9 cm³/mol. The summed E-state index contributed by atoms with van der Waals surface area (Å²) in [5, 5.41) is 1.16. The van der Waals surface area contributed by atoms with Crippen molar-refractivity contribution in [2.75, 3.05) is 7.11 Å². The van der Waals surface area contributed by atoms with Crippen molar-refractivity contribution in [2.45, 2.75) is 13.2 Å². The van der Waals surface area contributed by atoms with Crippen molar-refractivity contribution < 1.29 is 9.47 Å². The predicted octanol–water partition coefficient (Wildman–Crippen LogP) is 4.20. The van der Waals surface area contributed by atoms with Crippen LogP contribution in [0.4, 0.5) is 0 Å². The SMILES string of the molecule is COc1cccc2c1c1c(n2Cc2ccccc2)COC=C1. The zero-order chi connectivity index (χ0) is 14.9. The van der Waals surface area contributed by atoms with Gasteiger partial charge in [0, 0.05) is 17.5 Å². The van der Waals surface area contributed by atoms with Gasteiger partial charge in [0.1, 0.15) is 12.4 Å². The monoisotopic (exact) mass is 291 g/mol. The highest BCUT2D eigenvalue weighted by molar-refractivity contribution is 5.96. The topological polar surface area (TPSA) is 23.4 Å². The van der Waals surface area contributed by atoms with Crippen LogP contribution in [0.1, 0.15) is 16.8 Å². The molecule has 0 bridgehead atoms. The first-order valence-electron chi connectivity index (χ1n) is 7.38. The lowest BCUT2D eigenvalue weighted by atomic mass is 10.1. The summed E-state index contributed by atoms with van der Waals surface area (Å²) < 4.78 is 13.4. The van der Waals surface area contributed by atoms with E-state index in [1.165, 1.54) is 22.3 Å². The van der Waals surface area contributed by atoms with Crippen LogP contribution in [0.15, 0.2) is 54.8 Å². The van der Waals surface area contributed by atoms with Gasteiger partial charge in [-0.25, -0.2) is 0 Å². The molecule has 0 unspecified atom stereocenters. The summed E-state index contributed by atoms with van der Waals surface area (Å²) in [6, 6.07) is 16.7. The van der Waals surface area contributed by atoms with Crippen LogP contribution in [0.2, 0.25) is 0 Å². The molecule has 1 aromatic heterocycles. The number of methoxy groups -OCH3 is 1. The highest BCUT2D eigenvalue weighted by Crippen LogP contribution is 2.36. The van der Waals surface area contributed by atoms with E-state index in [1.807, 2.05) is 24.3 Å². The van der Waals surface area contributed by atoms with Gasteiger partial charge in [-0.05, 0) is 23.8 Å². The Bertz CT molecular complexity index is 847. The van der Waals surface area contributed by atoms with E-state index in [0.717, 1.165) is 17.7 Å². The van der Waals surface area contributed by atoms with Crippen molar-refractivity contribution in [1.29, 1.82) is 0 Å². The van der Waals surface area contributed by atoms with Crippen molar-refractivity contribution >= 4 is 17.0 Å². The molecule has 4 rings (SSSR count). The quantitative estimate of drug-likeness (QED) is 0.722. The molecule has 0 fully saturated rings. The summed E-state index contributed by atoms with van der Waals surface area (Å²) >= 11 is 0. The van der Waals surface area contributed by atoms with Crippen LogP contribution in [0.5, 0.6) is 5.75 Å². The van der Waals surface area contributed by atoms with Gasteiger partial charge in [-0.1, -0.05) is 36.4 Å². The molecule has 0 spiro atoms. The third kappa shape index (κ3) is 1.98. The molecule has 0 N–H and O–H groups in total. The number of aromatic nitrogens is 1. The molecule has 22 heavy (non-hydrogen) atoms. The fourth-order valence-electron chi connectivity index (χ4n) is 3.15. The van der Waals surface area contributed by atoms with Gasteiger partial charge in [0.15, 0.2) is 0 Å². The zero-order valence-electron chi connectivity index (χ0n) is 12.5. The molecule has 0 radical (unpaired) electrons. The minimum absolute atomic E-state index is 0.594. The van der Waals surface area contributed by atoms with Crippen LogP contribution in [-0.4, -0.2) is 11.7 Å². The van der Waals surface area contributed by atoms with Crippen LogP contribution in [0, 0.1) is 0 Å². The number of hydrogen-bond acceptors (Lipinski definition) is 2. The average Bonchev–Trinajstić information content (AvgIpc) is 2.90. The summed E-state index contributed by atoms with van der Waals surface area (Å²) in [5.41, 5.74) is 4.86. The van der Waals surface area contributed by atoms with Crippen molar-refractivity contribution in [2.24, 2.45) is 0 Å². The van der Waals surface area contributed by atoms with Crippen molar-refractivity contribution in [1.82, 2.24) is 4.57 Å². The molecule has 1 aliphatic rings. The molecule has 0 saturated heterocycles. The zero-order valence-corrected chi connectivity index (χ0v) is 12.5. The van der Waals surface area contributed by atoms with E-state index in [1.54, 1.807) is 13.4 Å². The Balaban J connectivity index is 1.96. The van der Waals surface area contributed by atoms with Gasteiger partial charge < -0.3 is 14.0 Å². The van der Waals surface area contributed by atoms with Crippen LogP contribution in [-0.2, 0) is 17.9 Å². The normalized spacial score (nSPS) is 13.0. The van der Waals surface area contributed by atoms with Crippen LogP contribution < -0.4 is 4.74 Å². The summed E-state index contributed by atoms with van der Waals surface area (Å²) in [7, 11) is 1.72. The number of hydrogen-bond donors (Lipinski definition) is 0. The molecule has 0 aliphatic carbocycles. The van der Waals surface area contributed by atoms with Crippen LogP contribution in [0.3, 0.4) is 0 Å². The molecule has 3 aromatic rings. The van der Waals surface area contributed by atoms with Gasteiger partial charge in [-0.2, -0.15) is 0 Å². The summed E-state index contributed by atoms with van der Waals surface area (Å²) in [4.78, 5) is 0. The standard InChI is InChI=1S/C19H17NO2/c1-21-18-9-5-8-16-19(18)15-10-11-22-13-17(15)20(16)12-14-6-3-2-4-7-14/h2-11H,12-13H2,1H3. The van der Waals surface area contributed by atoms with E-state index < -0.39 is 0 Å². The molecule has 0 amide bonds. The van der Waals surface area contributed by atoms with Gasteiger partial charge in [-0.15, -0.1) is 0 Å². The number of nitrogens with zero attached hydrogens (tertiary/aromatic N) is 1. The summed E-state index contributed by atoms with van der Waals surface area (Å²) in [5.74, 6) is 0.909. The largest absolute Gasteiger partial charge is 0.496 e. The minimum atomic E-state index is 0.594. The van der Waals surface area contributed by atoms with E-state index in [9.17, 15) is 0 Å². The molecule has 2 heterocycles. The van der Waals surface area contributed by atoms with Gasteiger partial charge in [-0.3, -0.25) is 0 Å². The maximum atomic E-state index is 5.57. The molecule has 3 nitrogen and oxygen atoms in total. The number of rotatable bonds is 3. The molecule has 110 valence electrons. The smallest absolute Gasteiger partial charge is 0.128 e. The molecule has 2 aromatic carbocycles. The van der Waals surface area contributed by atoms with Gasteiger partial charge in [0.2, 0.25) is 0 Å². The Labute approximate surface area is 129 Å².